The lowest BCUT2D eigenvalue weighted by Gasteiger charge is -2.13. The zero-order chi connectivity index (χ0) is 20.1. The Labute approximate surface area is 172 Å². The molecule has 0 bridgehead atoms. The molecule has 0 spiro atoms. The molecule has 6 heteroatoms. The van der Waals surface area contributed by atoms with Crippen LogP contribution in [-0.2, 0) is 4.79 Å². The summed E-state index contributed by atoms with van der Waals surface area (Å²) in [5, 5.41) is 3.93. The normalized spacial score (nSPS) is 11.0. The van der Waals surface area contributed by atoms with Crippen molar-refractivity contribution in [2.75, 3.05) is 6.61 Å². The first-order valence-corrected chi connectivity index (χ1v) is 9.60. The Kier molecular flexibility index (Phi) is 6.31. The van der Waals surface area contributed by atoms with Crippen LogP contribution in [0.3, 0.4) is 0 Å². The highest BCUT2D eigenvalue weighted by molar-refractivity contribution is 9.10. The van der Waals surface area contributed by atoms with Crippen molar-refractivity contribution in [3.63, 3.8) is 0 Å². The van der Waals surface area contributed by atoms with E-state index < -0.39 is 0 Å². The van der Waals surface area contributed by atoms with Crippen molar-refractivity contribution in [3.8, 4) is 17.1 Å². The number of carbonyl (C=O) groups is 1. The molecule has 144 valence electrons. The van der Waals surface area contributed by atoms with Crippen LogP contribution < -0.4 is 10.2 Å². The van der Waals surface area contributed by atoms with E-state index in [4.69, 9.17) is 9.15 Å². The lowest BCUT2D eigenvalue weighted by molar-refractivity contribution is -0.123. The molecule has 0 aliphatic heterocycles. The number of furan rings is 1. The van der Waals surface area contributed by atoms with Crippen molar-refractivity contribution in [3.05, 3.63) is 75.5 Å². The second kappa shape index (κ2) is 8.89. The van der Waals surface area contributed by atoms with Crippen molar-refractivity contribution in [2.24, 2.45) is 5.10 Å². The fourth-order valence-corrected chi connectivity index (χ4v) is 2.94. The van der Waals surface area contributed by atoms with Crippen molar-refractivity contribution in [1.82, 2.24) is 5.43 Å². The molecule has 0 saturated carbocycles. The van der Waals surface area contributed by atoms with Gasteiger partial charge in [0.2, 0.25) is 0 Å². The van der Waals surface area contributed by atoms with Gasteiger partial charge in [0.05, 0.1) is 6.21 Å². The van der Waals surface area contributed by atoms with Crippen LogP contribution in [-0.4, -0.2) is 18.7 Å². The van der Waals surface area contributed by atoms with E-state index in [1.807, 2.05) is 63.2 Å². The van der Waals surface area contributed by atoms with Crippen molar-refractivity contribution < 1.29 is 13.9 Å². The number of hydrazone groups is 1. The van der Waals surface area contributed by atoms with Gasteiger partial charge in [0, 0.05) is 10.0 Å². The molecule has 5 nitrogen and oxygen atoms in total. The predicted molar refractivity (Wildman–Crippen MR) is 114 cm³/mol. The van der Waals surface area contributed by atoms with E-state index >= 15 is 0 Å². The summed E-state index contributed by atoms with van der Waals surface area (Å²) < 4.78 is 12.4. The van der Waals surface area contributed by atoms with E-state index in [9.17, 15) is 4.79 Å². The minimum atomic E-state index is -0.337. The fourth-order valence-electron chi connectivity index (χ4n) is 2.68. The van der Waals surface area contributed by atoms with Crippen LogP contribution in [0.1, 0.15) is 22.5 Å². The predicted octanol–water partition coefficient (Wildman–Crippen LogP) is 5.16. The highest BCUT2D eigenvalue weighted by atomic mass is 79.9. The van der Waals surface area contributed by atoms with Crippen LogP contribution in [0.2, 0.25) is 0 Å². The zero-order valence-electron chi connectivity index (χ0n) is 16.0. The molecule has 0 fully saturated rings. The van der Waals surface area contributed by atoms with Gasteiger partial charge in [0.15, 0.2) is 6.61 Å². The Hall–Kier alpha value is -2.86. The highest BCUT2D eigenvalue weighted by Crippen LogP contribution is 2.25. The number of ether oxygens (including phenoxy) is 1. The summed E-state index contributed by atoms with van der Waals surface area (Å²) in [5.74, 6) is 1.68. The van der Waals surface area contributed by atoms with Crippen LogP contribution in [0.4, 0.5) is 0 Å². The number of benzene rings is 2. The third-order valence-electron chi connectivity index (χ3n) is 4.36. The Morgan fingerprint density at radius 3 is 2.54 bits per heavy atom. The van der Waals surface area contributed by atoms with Gasteiger partial charge in [-0.05, 0) is 61.7 Å². The quantitative estimate of drug-likeness (QED) is 0.425. The molecule has 2 aromatic carbocycles. The topological polar surface area (TPSA) is 63.8 Å². The second-order valence-electron chi connectivity index (χ2n) is 6.44. The lowest BCUT2D eigenvalue weighted by atomic mass is 10.1. The summed E-state index contributed by atoms with van der Waals surface area (Å²) in [6.45, 7) is 5.84. The molecule has 0 unspecified atom stereocenters. The highest BCUT2D eigenvalue weighted by Gasteiger charge is 2.09. The van der Waals surface area contributed by atoms with Crippen LogP contribution >= 0.6 is 15.9 Å². The fraction of sp³-hybridized carbons (Fsp3) is 0.182. The third-order valence-corrected chi connectivity index (χ3v) is 4.89. The number of amides is 1. The number of rotatable bonds is 6. The summed E-state index contributed by atoms with van der Waals surface area (Å²) in [6, 6.07) is 15.5. The van der Waals surface area contributed by atoms with E-state index in [0.717, 1.165) is 38.2 Å². The summed E-state index contributed by atoms with van der Waals surface area (Å²) in [4.78, 5) is 12.0. The van der Waals surface area contributed by atoms with Crippen LogP contribution in [0, 0.1) is 20.8 Å². The monoisotopic (exact) mass is 440 g/mol. The number of halogens is 1. The van der Waals surface area contributed by atoms with Gasteiger partial charge in [-0.3, -0.25) is 4.79 Å². The number of nitrogens with zero attached hydrogens (tertiary/aromatic N) is 1. The van der Waals surface area contributed by atoms with Crippen LogP contribution in [0.5, 0.6) is 5.75 Å². The van der Waals surface area contributed by atoms with E-state index in [2.05, 4.69) is 26.5 Å². The second-order valence-corrected chi connectivity index (χ2v) is 7.36. The number of nitrogens with one attached hydrogen (secondary N) is 1. The van der Waals surface area contributed by atoms with Gasteiger partial charge in [-0.15, -0.1) is 0 Å². The van der Waals surface area contributed by atoms with Crippen molar-refractivity contribution >= 4 is 28.1 Å². The Balaban J connectivity index is 1.54. The molecule has 1 heterocycles. The van der Waals surface area contributed by atoms with Gasteiger partial charge in [0.25, 0.3) is 5.91 Å². The molecular weight excluding hydrogens is 420 g/mol. The molecule has 0 aliphatic rings. The number of carbonyl (C=O) groups excluding carboxylic acids is 1. The molecule has 1 amide bonds. The maximum atomic E-state index is 12.0. The zero-order valence-corrected chi connectivity index (χ0v) is 17.5. The largest absolute Gasteiger partial charge is 0.483 e. The first-order chi connectivity index (χ1) is 13.4. The van der Waals surface area contributed by atoms with E-state index in [1.165, 1.54) is 6.21 Å². The molecule has 0 atom stereocenters. The average Bonchev–Trinajstić information content (AvgIpc) is 3.14. The van der Waals surface area contributed by atoms with Gasteiger partial charge >= 0.3 is 0 Å². The lowest BCUT2D eigenvalue weighted by Crippen LogP contribution is -2.25. The SMILES string of the molecule is Cc1ccc(C)c(OCC(=O)NN=Cc2ccc(-c3ccc(Br)cc3)o2)c1C. The molecule has 1 N–H and O–H groups in total. The molecule has 0 saturated heterocycles. The Morgan fingerprint density at radius 2 is 1.79 bits per heavy atom. The molecule has 3 rings (SSSR count). The number of aryl methyl sites for hydroxylation is 2. The van der Waals surface area contributed by atoms with Gasteiger partial charge in [-0.2, -0.15) is 5.10 Å². The molecule has 0 radical (unpaired) electrons. The maximum Gasteiger partial charge on any atom is 0.277 e. The Morgan fingerprint density at radius 1 is 1.07 bits per heavy atom. The molecule has 0 aliphatic carbocycles. The summed E-state index contributed by atoms with van der Waals surface area (Å²) in [5.41, 5.74) is 6.57. The van der Waals surface area contributed by atoms with Gasteiger partial charge in [-0.1, -0.05) is 40.2 Å². The van der Waals surface area contributed by atoms with Crippen LogP contribution in [0.25, 0.3) is 11.3 Å². The third kappa shape index (κ3) is 4.89. The van der Waals surface area contributed by atoms with E-state index in [-0.39, 0.29) is 12.5 Å². The van der Waals surface area contributed by atoms with E-state index in [1.54, 1.807) is 6.07 Å². The minimum absolute atomic E-state index is 0.106. The van der Waals surface area contributed by atoms with Crippen LogP contribution in [0.15, 0.2) is 62.5 Å². The van der Waals surface area contributed by atoms with Crippen molar-refractivity contribution in [1.29, 1.82) is 0 Å². The first-order valence-electron chi connectivity index (χ1n) is 8.81. The van der Waals surface area contributed by atoms with Crippen molar-refractivity contribution in [2.45, 2.75) is 20.8 Å². The smallest absolute Gasteiger partial charge is 0.277 e. The Bertz CT molecular complexity index is 1010. The molecule has 3 aromatic rings. The standard InChI is InChI=1S/C22H21BrN2O3/c1-14-4-5-15(2)22(16(14)3)27-13-21(26)25-24-12-19-10-11-20(28-19)17-6-8-18(23)9-7-17/h4-12H,13H2,1-3H3,(H,25,26). The van der Waals surface area contributed by atoms with Gasteiger partial charge in [-0.25, -0.2) is 5.43 Å². The van der Waals surface area contributed by atoms with E-state index in [0.29, 0.717) is 5.76 Å². The molecular formula is C22H21BrN2O3. The average molecular weight is 441 g/mol. The molecule has 28 heavy (non-hydrogen) atoms. The number of hydrogen-bond donors (Lipinski definition) is 1. The summed E-state index contributed by atoms with van der Waals surface area (Å²) in [7, 11) is 0. The summed E-state index contributed by atoms with van der Waals surface area (Å²) >= 11 is 3.41. The van der Waals surface area contributed by atoms with Gasteiger partial charge in [0.1, 0.15) is 17.3 Å². The van der Waals surface area contributed by atoms with Gasteiger partial charge < -0.3 is 9.15 Å². The minimum Gasteiger partial charge on any atom is -0.483 e. The maximum absolute atomic E-state index is 12.0. The first kappa shape index (κ1) is 19.9. The molecule has 1 aromatic heterocycles. The number of hydrogen-bond acceptors (Lipinski definition) is 4. The summed E-state index contributed by atoms with van der Waals surface area (Å²) in [6.07, 6.45) is 1.46.